The van der Waals surface area contributed by atoms with E-state index in [4.69, 9.17) is 10.2 Å². The minimum Gasteiger partial charge on any atom is -0.394 e. The molecule has 0 aliphatic heterocycles. The number of aliphatic hydroxyl groups excluding tert-OH is 2. The highest BCUT2D eigenvalue weighted by Crippen LogP contribution is 2.15. The number of benzene rings is 1. The number of aliphatic hydroxyl groups is 2. The quantitative estimate of drug-likeness (QED) is 0.474. The molecule has 0 aromatic heterocycles. The van der Waals surface area contributed by atoms with Crippen molar-refractivity contribution in [3.05, 3.63) is 30.3 Å². The molecule has 3 N–H and O–H groups in total. The maximum atomic E-state index is 9.05. The number of rotatable bonds is 7. The van der Waals surface area contributed by atoms with Crippen LogP contribution in [0, 0.1) is 0 Å². The fourth-order valence-electron chi connectivity index (χ4n) is 1.09. The molecule has 15 heavy (non-hydrogen) atoms. The molecule has 0 spiro atoms. The molecule has 0 radical (unpaired) electrons. The Morgan fingerprint density at radius 2 is 2.00 bits per heavy atom. The van der Waals surface area contributed by atoms with Crippen molar-refractivity contribution in [2.75, 3.05) is 25.4 Å². The highest BCUT2D eigenvalue weighted by Gasteiger charge is 1.99. The second-order valence-electron chi connectivity index (χ2n) is 3.20. The summed E-state index contributed by atoms with van der Waals surface area (Å²) in [4.78, 5) is 1.25. The van der Waals surface area contributed by atoms with Crippen LogP contribution in [0.15, 0.2) is 35.2 Å². The lowest BCUT2D eigenvalue weighted by Crippen LogP contribution is -2.30. The summed E-state index contributed by atoms with van der Waals surface area (Å²) < 4.78 is 0. The fourth-order valence-corrected chi connectivity index (χ4v) is 1.92. The molecule has 0 saturated carbocycles. The van der Waals surface area contributed by atoms with Gasteiger partial charge in [-0.1, -0.05) is 18.2 Å². The van der Waals surface area contributed by atoms with Crippen LogP contribution in [0.1, 0.15) is 0 Å². The number of hydrogen-bond acceptors (Lipinski definition) is 4. The van der Waals surface area contributed by atoms with Gasteiger partial charge in [-0.05, 0) is 12.1 Å². The molecule has 0 amide bonds. The second-order valence-corrected chi connectivity index (χ2v) is 4.37. The molecule has 3 nitrogen and oxygen atoms in total. The Balaban J connectivity index is 2.03. The smallest absolute Gasteiger partial charge is 0.0894 e. The van der Waals surface area contributed by atoms with E-state index in [1.165, 1.54) is 4.90 Å². The lowest BCUT2D eigenvalue weighted by molar-refractivity contribution is 0.0950. The van der Waals surface area contributed by atoms with Crippen LogP contribution in [-0.2, 0) is 0 Å². The topological polar surface area (TPSA) is 52.5 Å². The average Bonchev–Trinajstić information content (AvgIpc) is 2.29. The zero-order chi connectivity index (χ0) is 10.9. The molecule has 84 valence electrons. The normalized spacial score (nSPS) is 12.7. The molecule has 0 fully saturated rings. The highest BCUT2D eigenvalue weighted by molar-refractivity contribution is 7.99. The van der Waals surface area contributed by atoms with E-state index in [2.05, 4.69) is 17.4 Å². The minimum atomic E-state index is -0.647. The van der Waals surface area contributed by atoms with Gasteiger partial charge in [0.1, 0.15) is 0 Å². The first-order chi connectivity index (χ1) is 7.33. The number of nitrogens with one attached hydrogen (secondary N) is 1. The van der Waals surface area contributed by atoms with Gasteiger partial charge in [0.2, 0.25) is 0 Å². The van der Waals surface area contributed by atoms with E-state index in [0.717, 1.165) is 12.3 Å². The van der Waals surface area contributed by atoms with Crippen molar-refractivity contribution in [2.45, 2.75) is 11.0 Å². The van der Waals surface area contributed by atoms with E-state index in [9.17, 15) is 0 Å². The summed E-state index contributed by atoms with van der Waals surface area (Å²) >= 11 is 1.77. The van der Waals surface area contributed by atoms with E-state index >= 15 is 0 Å². The van der Waals surface area contributed by atoms with Gasteiger partial charge in [0, 0.05) is 23.7 Å². The molecular weight excluding hydrogens is 210 g/mol. The summed E-state index contributed by atoms with van der Waals surface area (Å²) in [7, 11) is 0. The van der Waals surface area contributed by atoms with E-state index in [1.807, 2.05) is 18.2 Å². The molecule has 0 heterocycles. The Morgan fingerprint density at radius 3 is 2.67 bits per heavy atom. The molecule has 0 saturated heterocycles. The monoisotopic (exact) mass is 227 g/mol. The molecular formula is C11H17NO2S. The van der Waals surface area contributed by atoms with Crippen molar-refractivity contribution < 1.29 is 10.2 Å². The second kappa shape index (κ2) is 7.70. The molecule has 1 aromatic rings. The van der Waals surface area contributed by atoms with E-state index < -0.39 is 6.10 Å². The van der Waals surface area contributed by atoms with Crippen molar-refractivity contribution in [3.8, 4) is 0 Å². The van der Waals surface area contributed by atoms with Crippen molar-refractivity contribution in [3.63, 3.8) is 0 Å². The van der Waals surface area contributed by atoms with Gasteiger partial charge >= 0.3 is 0 Å². The molecule has 4 heteroatoms. The van der Waals surface area contributed by atoms with Crippen LogP contribution < -0.4 is 5.32 Å². The molecule has 0 aliphatic rings. The number of thioether (sulfide) groups is 1. The van der Waals surface area contributed by atoms with Crippen LogP contribution in [0.2, 0.25) is 0 Å². The summed E-state index contributed by atoms with van der Waals surface area (Å²) in [5, 5.41) is 20.7. The van der Waals surface area contributed by atoms with Crippen molar-refractivity contribution >= 4 is 11.8 Å². The Morgan fingerprint density at radius 1 is 1.27 bits per heavy atom. The van der Waals surface area contributed by atoms with E-state index in [0.29, 0.717) is 6.54 Å². The predicted molar refractivity (Wildman–Crippen MR) is 63.1 cm³/mol. The van der Waals surface area contributed by atoms with Crippen molar-refractivity contribution in [1.29, 1.82) is 0 Å². The average molecular weight is 227 g/mol. The SMILES string of the molecule is OC[C@@H](O)CNCCSc1ccccc1. The van der Waals surface area contributed by atoms with Gasteiger partial charge in [0.25, 0.3) is 0 Å². The largest absolute Gasteiger partial charge is 0.394 e. The molecule has 0 unspecified atom stereocenters. The van der Waals surface area contributed by atoms with Crippen molar-refractivity contribution in [1.82, 2.24) is 5.32 Å². The van der Waals surface area contributed by atoms with Crippen LogP contribution in [0.5, 0.6) is 0 Å². The van der Waals surface area contributed by atoms with E-state index in [1.54, 1.807) is 11.8 Å². The minimum absolute atomic E-state index is 0.182. The van der Waals surface area contributed by atoms with Gasteiger partial charge in [-0.3, -0.25) is 0 Å². The zero-order valence-corrected chi connectivity index (χ0v) is 9.41. The zero-order valence-electron chi connectivity index (χ0n) is 8.60. The van der Waals surface area contributed by atoms with Gasteiger partial charge in [-0.2, -0.15) is 0 Å². The fraction of sp³-hybridized carbons (Fsp3) is 0.455. The standard InChI is InChI=1S/C11H17NO2S/c13-9-10(14)8-12-6-7-15-11-4-2-1-3-5-11/h1-5,10,12-14H,6-9H2/t10-/m0/s1. The van der Waals surface area contributed by atoms with Crippen LogP contribution in [0.4, 0.5) is 0 Å². The third kappa shape index (κ3) is 5.79. The summed E-state index contributed by atoms with van der Waals surface area (Å²) in [6.45, 7) is 1.10. The Hall–Kier alpha value is -0.550. The maximum absolute atomic E-state index is 9.05. The summed E-state index contributed by atoms with van der Waals surface area (Å²) in [5.74, 6) is 0.960. The van der Waals surface area contributed by atoms with Gasteiger partial charge < -0.3 is 15.5 Å². The summed E-state index contributed by atoms with van der Waals surface area (Å²) in [5.41, 5.74) is 0. The lowest BCUT2D eigenvalue weighted by Gasteiger charge is -2.08. The molecule has 1 aromatic carbocycles. The maximum Gasteiger partial charge on any atom is 0.0894 e. The first-order valence-electron chi connectivity index (χ1n) is 5.00. The Labute approximate surface area is 94.5 Å². The van der Waals surface area contributed by atoms with Crippen LogP contribution in [0.3, 0.4) is 0 Å². The first-order valence-corrected chi connectivity index (χ1v) is 5.99. The van der Waals surface area contributed by atoms with Gasteiger partial charge in [0.05, 0.1) is 12.7 Å². The van der Waals surface area contributed by atoms with E-state index in [-0.39, 0.29) is 6.61 Å². The Kier molecular flexibility index (Phi) is 6.43. The van der Waals surface area contributed by atoms with Crippen LogP contribution in [0.25, 0.3) is 0 Å². The highest BCUT2D eigenvalue weighted by atomic mass is 32.2. The van der Waals surface area contributed by atoms with Gasteiger partial charge in [-0.25, -0.2) is 0 Å². The molecule has 1 rings (SSSR count). The third-order valence-electron chi connectivity index (χ3n) is 1.88. The van der Waals surface area contributed by atoms with Gasteiger partial charge in [-0.15, -0.1) is 11.8 Å². The number of hydrogen-bond donors (Lipinski definition) is 3. The molecule has 1 atom stereocenters. The summed E-state index contributed by atoms with van der Waals surface area (Å²) in [6.07, 6.45) is -0.647. The predicted octanol–water partition coefficient (Wildman–Crippen LogP) is 0.722. The molecule has 0 bridgehead atoms. The summed E-state index contributed by atoms with van der Waals surface area (Å²) in [6, 6.07) is 10.2. The van der Waals surface area contributed by atoms with Crippen LogP contribution >= 0.6 is 11.8 Å². The Bertz CT molecular complexity index is 256. The third-order valence-corrected chi connectivity index (χ3v) is 2.90. The van der Waals surface area contributed by atoms with Crippen LogP contribution in [-0.4, -0.2) is 41.8 Å². The first kappa shape index (κ1) is 12.5. The van der Waals surface area contributed by atoms with Gasteiger partial charge in [0.15, 0.2) is 0 Å². The van der Waals surface area contributed by atoms with Crippen molar-refractivity contribution in [2.24, 2.45) is 0 Å². The molecule has 0 aliphatic carbocycles. The lowest BCUT2D eigenvalue weighted by atomic mass is 10.4.